The third kappa shape index (κ3) is 3.56. The normalized spacial score (nSPS) is 23.7. The van der Waals surface area contributed by atoms with Crippen LogP contribution in [0.5, 0.6) is 0 Å². The molecule has 2 fully saturated rings. The van der Waals surface area contributed by atoms with Crippen molar-refractivity contribution in [2.24, 2.45) is 5.92 Å². The Balaban J connectivity index is 1.59. The summed E-state index contributed by atoms with van der Waals surface area (Å²) in [5.41, 5.74) is 0.420. The standard InChI is InChI=1S/C18H26FN3O/c1-20-10-6-14-7-11-21(12-8-14)17-9-13-22(18(17)23)16-5-3-2-4-15(16)19/h2-5,14,17,20H,6-13H2,1H3. The van der Waals surface area contributed by atoms with Gasteiger partial charge in [0.25, 0.3) is 0 Å². The first kappa shape index (κ1) is 16.4. The number of nitrogens with zero attached hydrogens (tertiary/aromatic N) is 2. The predicted molar refractivity (Wildman–Crippen MR) is 90.0 cm³/mol. The monoisotopic (exact) mass is 319 g/mol. The first-order chi connectivity index (χ1) is 11.2. The van der Waals surface area contributed by atoms with E-state index in [1.54, 1.807) is 23.1 Å². The third-order valence-electron chi connectivity index (χ3n) is 5.21. The van der Waals surface area contributed by atoms with Crippen molar-refractivity contribution >= 4 is 11.6 Å². The Hall–Kier alpha value is -1.46. The topological polar surface area (TPSA) is 35.6 Å². The van der Waals surface area contributed by atoms with Gasteiger partial charge in [-0.25, -0.2) is 4.39 Å². The molecule has 0 aliphatic carbocycles. The molecule has 2 aliphatic rings. The maximum atomic E-state index is 13.9. The molecule has 1 aromatic carbocycles. The maximum absolute atomic E-state index is 13.9. The van der Waals surface area contributed by atoms with Crippen LogP contribution in [0.4, 0.5) is 10.1 Å². The van der Waals surface area contributed by atoms with Crippen molar-refractivity contribution in [1.29, 1.82) is 0 Å². The summed E-state index contributed by atoms with van der Waals surface area (Å²) in [5, 5.41) is 3.21. The second-order valence-electron chi connectivity index (χ2n) is 6.62. The quantitative estimate of drug-likeness (QED) is 0.904. The second kappa shape index (κ2) is 7.41. The molecule has 5 heteroatoms. The molecule has 2 heterocycles. The Morgan fingerprint density at radius 1 is 1.17 bits per heavy atom. The minimum absolute atomic E-state index is 0.0591. The van der Waals surface area contributed by atoms with E-state index < -0.39 is 0 Å². The van der Waals surface area contributed by atoms with Gasteiger partial charge >= 0.3 is 0 Å². The van der Waals surface area contributed by atoms with Crippen LogP contribution in [0.15, 0.2) is 24.3 Å². The van der Waals surface area contributed by atoms with Gasteiger partial charge in [0.05, 0.1) is 11.7 Å². The van der Waals surface area contributed by atoms with Gasteiger partial charge in [0.15, 0.2) is 0 Å². The Labute approximate surface area is 137 Å². The van der Waals surface area contributed by atoms with E-state index >= 15 is 0 Å². The minimum Gasteiger partial charge on any atom is -0.320 e. The molecule has 2 aliphatic heterocycles. The number of carbonyl (C=O) groups is 1. The molecule has 1 unspecified atom stereocenters. The molecule has 2 saturated heterocycles. The summed E-state index contributed by atoms with van der Waals surface area (Å²) in [6, 6.07) is 6.49. The summed E-state index contributed by atoms with van der Waals surface area (Å²) in [6.07, 6.45) is 4.33. The smallest absolute Gasteiger partial charge is 0.244 e. The predicted octanol–water partition coefficient (Wildman–Crippen LogP) is 2.25. The van der Waals surface area contributed by atoms with E-state index in [2.05, 4.69) is 10.2 Å². The van der Waals surface area contributed by atoms with Crippen LogP contribution in [0.25, 0.3) is 0 Å². The van der Waals surface area contributed by atoms with Gasteiger partial charge in [-0.05, 0) is 70.4 Å². The maximum Gasteiger partial charge on any atom is 0.244 e. The number of para-hydroxylation sites is 1. The number of halogens is 1. The molecule has 23 heavy (non-hydrogen) atoms. The first-order valence-corrected chi connectivity index (χ1v) is 8.65. The number of amides is 1. The van der Waals surface area contributed by atoms with Crippen LogP contribution in [0, 0.1) is 11.7 Å². The van der Waals surface area contributed by atoms with Gasteiger partial charge in [-0.2, -0.15) is 0 Å². The van der Waals surface area contributed by atoms with Crippen molar-refractivity contribution in [3.63, 3.8) is 0 Å². The fourth-order valence-electron chi connectivity index (χ4n) is 3.82. The van der Waals surface area contributed by atoms with E-state index in [0.29, 0.717) is 12.2 Å². The lowest BCUT2D eigenvalue weighted by molar-refractivity contribution is -0.122. The fourth-order valence-corrected chi connectivity index (χ4v) is 3.82. The molecule has 0 saturated carbocycles. The highest BCUT2D eigenvalue weighted by molar-refractivity contribution is 5.99. The Morgan fingerprint density at radius 2 is 1.91 bits per heavy atom. The molecule has 4 nitrogen and oxygen atoms in total. The van der Waals surface area contributed by atoms with E-state index in [4.69, 9.17) is 0 Å². The minimum atomic E-state index is -0.313. The van der Waals surface area contributed by atoms with E-state index in [0.717, 1.165) is 44.8 Å². The largest absolute Gasteiger partial charge is 0.320 e. The summed E-state index contributed by atoms with van der Waals surface area (Å²) in [5.74, 6) is 0.508. The van der Waals surface area contributed by atoms with Gasteiger partial charge in [-0.1, -0.05) is 12.1 Å². The summed E-state index contributed by atoms with van der Waals surface area (Å²) in [6.45, 7) is 3.64. The average Bonchev–Trinajstić information content (AvgIpc) is 2.95. The summed E-state index contributed by atoms with van der Waals surface area (Å²) < 4.78 is 13.9. The number of anilines is 1. The summed E-state index contributed by atoms with van der Waals surface area (Å²) >= 11 is 0. The molecular formula is C18H26FN3O. The van der Waals surface area contributed by atoms with Gasteiger partial charge in [0.2, 0.25) is 5.91 Å². The number of nitrogens with one attached hydrogen (secondary N) is 1. The number of piperidine rings is 1. The van der Waals surface area contributed by atoms with Crippen molar-refractivity contribution in [3.05, 3.63) is 30.1 Å². The van der Waals surface area contributed by atoms with Crippen molar-refractivity contribution in [2.75, 3.05) is 38.1 Å². The van der Waals surface area contributed by atoms with Crippen LogP contribution >= 0.6 is 0 Å². The van der Waals surface area contributed by atoms with Gasteiger partial charge in [0.1, 0.15) is 5.82 Å². The lowest BCUT2D eigenvalue weighted by Gasteiger charge is -2.35. The third-order valence-corrected chi connectivity index (χ3v) is 5.21. The average molecular weight is 319 g/mol. The summed E-state index contributed by atoms with van der Waals surface area (Å²) in [7, 11) is 1.99. The van der Waals surface area contributed by atoms with Gasteiger partial charge in [0, 0.05) is 6.54 Å². The molecular weight excluding hydrogens is 293 g/mol. The molecule has 126 valence electrons. The summed E-state index contributed by atoms with van der Waals surface area (Å²) in [4.78, 5) is 16.6. The lowest BCUT2D eigenvalue weighted by atomic mass is 9.92. The lowest BCUT2D eigenvalue weighted by Crippen LogP contribution is -2.46. The van der Waals surface area contributed by atoms with Crippen molar-refractivity contribution in [3.8, 4) is 0 Å². The van der Waals surface area contributed by atoms with Crippen LogP contribution in [-0.2, 0) is 4.79 Å². The SMILES string of the molecule is CNCCC1CCN(C2CCN(c3ccccc3F)C2=O)CC1. The van der Waals surface area contributed by atoms with Gasteiger partial charge in [-0.15, -0.1) is 0 Å². The number of benzene rings is 1. The van der Waals surface area contributed by atoms with Crippen LogP contribution in [0.3, 0.4) is 0 Å². The molecule has 0 bridgehead atoms. The number of rotatable bonds is 5. The molecule has 0 aromatic heterocycles. The molecule has 1 amide bonds. The van der Waals surface area contributed by atoms with E-state index in [1.165, 1.54) is 12.5 Å². The van der Waals surface area contributed by atoms with E-state index in [-0.39, 0.29) is 17.8 Å². The Bertz CT molecular complexity index is 543. The van der Waals surface area contributed by atoms with Gasteiger partial charge in [-0.3, -0.25) is 9.69 Å². The van der Waals surface area contributed by atoms with Crippen LogP contribution in [0.1, 0.15) is 25.7 Å². The van der Waals surface area contributed by atoms with Crippen molar-refractivity contribution in [1.82, 2.24) is 10.2 Å². The van der Waals surface area contributed by atoms with Crippen LogP contribution in [-0.4, -0.2) is 50.1 Å². The fraction of sp³-hybridized carbons (Fsp3) is 0.611. The molecule has 0 spiro atoms. The molecule has 1 aromatic rings. The highest BCUT2D eigenvalue weighted by atomic mass is 19.1. The van der Waals surface area contributed by atoms with E-state index in [9.17, 15) is 9.18 Å². The number of likely N-dealkylation sites (tertiary alicyclic amines) is 1. The van der Waals surface area contributed by atoms with Crippen LogP contribution in [0.2, 0.25) is 0 Å². The molecule has 0 radical (unpaired) electrons. The number of carbonyl (C=O) groups excluding carboxylic acids is 1. The van der Waals surface area contributed by atoms with Gasteiger partial charge < -0.3 is 10.2 Å². The van der Waals surface area contributed by atoms with Crippen molar-refractivity contribution in [2.45, 2.75) is 31.7 Å². The van der Waals surface area contributed by atoms with Crippen LogP contribution < -0.4 is 10.2 Å². The Kier molecular flexibility index (Phi) is 5.28. The van der Waals surface area contributed by atoms with E-state index in [1.807, 2.05) is 7.05 Å². The first-order valence-electron chi connectivity index (χ1n) is 8.65. The highest BCUT2D eigenvalue weighted by Crippen LogP contribution is 2.29. The van der Waals surface area contributed by atoms with Crippen molar-refractivity contribution < 1.29 is 9.18 Å². The zero-order valence-electron chi connectivity index (χ0n) is 13.8. The molecule has 1 N–H and O–H groups in total. The second-order valence-corrected chi connectivity index (χ2v) is 6.62. The molecule has 3 rings (SSSR count). The zero-order valence-corrected chi connectivity index (χ0v) is 13.8. The number of hydrogen-bond acceptors (Lipinski definition) is 3. The highest BCUT2D eigenvalue weighted by Gasteiger charge is 2.38. The zero-order chi connectivity index (χ0) is 16.2. The Morgan fingerprint density at radius 3 is 2.61 bits per heavy atom. The molecule has 1 atom stereocenters. The number of hydrogen-bond donors (Lipinski definition) is 1.